The number of halogens is 4. The number of anilines is 1. The minimum Gasteiger partial charge on any atom is -0.363 e. The van der Waals surface area contributed by atoms with Crippen LogP contribution in [-0.4, -0.2) is 47.0 Å². The number of nitrogens with zero attached hydrogens (tertiary/aromatic N) is 3. The number of H-pyrrole nitrogens is 1. The number of benzene rings is 1. The van der Waals surface area contributed by atoms with Crippen LogP contribution in [0, 0.1) is 11.6 Å². The molecule has 1 fully saturated rings. The minimum atomic E-state index is -0.752. The fraction of sp³-hybridized carbons (Fsp3) is 0.211. The molecule has 0 bridgehead atoms. The standard InChI is InChI=1S/C19H14BrClF2N4O2/c20-10-5-11-16(13(21)6-10)25-7-12(18(11)28)19(29)27-3-1-26(2-4-27)17-14(22)8-24-9-15(17)23/h5-9H,1-4H2,(H,25,28). The Morgan fingerprint density at radius 1 is 1.14 bits per heavy atom. The molecule has 0 spiro atoms. The van der Waals surface area contributed by atoms with Crippen molar-refractivity contribution in [1.29, 1.82) is 0 Å². The number of aromatic nitrogens is 2. The van der Waals surface area contributed by atoms with Crippen molar-refractivity contribution in [1.82, 2.24) is 14.9 Å². The second-order valence-corrected chi connectivity index (χ2v) is 7.90. The van der Waals surface area contributed by atoms with Gasteiger partial charge in [0.2, 0.25) is 5.43 Å². The van der Waals surface area contributed by atoms with E-state index in [4.69, 9.17) is 11.6 Å². The smallest absolute Gasteiger partial charge is 0.259 e. The predicted molar refractivity (Wildman–Crippen MR) is 110 cm³/mol. The number of amides is 1. The third kappa shape index (κ3) is 3.60. The van der Waals surface area contributed by atoms with Gasteiger partial charge in [-0.1, -0.05) is 27.5 Å². The van der Waals surface area contributed by atoms with Gasteiger partial charge >= 0.3 is 0 Å². The fourth-order valence-corrected chi connectivity index (χ4v) is 4.29. The Morgan fingerprint density at radius 2 is 1.79 bits per heavy atom. The minimum absolute atomic E-state index is 0.0126. The highest BCUT2D eigenvalue weighted by molar-refractivity contribution is 9.10. The molecule has 1 N–H and O–H groups in total. The largest absolute Gasteiger partial charge is 0.363 e. The molecule has 1 aromatic carbocycles. The lowest BCUT2D eigenvalue weighted by Gasteiger charge is -2.36. The summed E-state index contributed by atoms with van der Waals surface area (Å²) in [7, 11) is 0. The molecular formula is C19H14BrClF2N4O2. The van der Waals surface area contributed by atoms with Crippen LogP contribution < -0.4 is 10.3 Å². The van der Waals surface area contributed by atoms with E-state index in [1.807, 2.05) is 0 Å². The van der Waals surface area contributed by atoms with Gasteiger partial charge in [-0.25, -0.2) is 8.78 Å². The van der Waals surface area contributed by atoms with Crippen molar-refractivity contribution in [3.63, 3.8) is 0 Å². The molecule has 1 aliphatic rings. The Bertz CT molecular complexity index is 1160. The maximum Gasteiger partial charge on any atom is 0.259 e. The number of fused-ring (bicyclic) bond motifs is 1. The van der Waals surface area contributed by atoms with Gasteiger partial charge in [-0.15, -0.1) is 0 Å². The molecular weight excluding hydrogens is 470 g/mol. The van der Waals surface area contributed by atoms with Gasteiger partial charge in [0.15, 0.2) is 11.6 Å². The third-order valence-electron chi connectivity index (χ3n) is 4.85. The molecule has 1 aliphatic heterocycles. The number of piperazine rings is 1. The molecule has 0 aliphatic carbocycles. The molecule has 0 atom stereocenters. The number of rotatable bonds is 2. The first-order valence-corrected chi connectivity index (χ1v) is 9.87. The van der Waals surface area contributed by atoms with E-state index in [9.17, 15) is 18.4 Å². The van der Waals surface area contributed by atoms with Gasteiger partial charge in [-0.05, 0) is 12.1 Å². The zero-order valence-corrected chi connectivity index (χ0v) is 17.2. The first kappa shape index (κ1) is 19.8. The summed E-state index contributed by atoms with van der Waals surface area (Å²) in [5.41, 5.74) is -0.151. The monoisotopic (exact) mass is 482 g/mol. The number of carbonyl (C=O) groups excluding carboxylic acids is 1. The fourth-order valence-electron chi connectivity index (χ4n) is 3.42. The summed E-state index contributed by atoms with van der Waals surface area (Å²) in [6, 6.07) is 3.25. The van der Waals surface area contributed by atoms with Crippen LogP contribution in [0.25, 0.3) is 10.9 Å². The van der Waals surface area contributed by atoms with Crippen molar-refractivity contribution in [3.8, 4) is 0 Å². The van der Waals surface area contributed by atoms with Gasteiger partial charge in [-0.3, -0.25) is 14.6 Å². The number of hydrogen-bond acceptors (Lipinski definition) is 4. The first-order chi connectivity index (χ1) is 13.9. The summed E-state index contributed by atoms with van der Waals surface area (Å²) < 4.78 is 28.5. The Labute approximate surface area is 177 Å². The van der Waals surface area contributed by atoms with Gasteiger partial charge in [0.1, 0.15) is 11.3 Å². The molecule has 10 heteroatoms. The highest BCUT2D eigenvalue weighted by Gasteiger charge is 2.27. The van der Waals surface area contributed by atoms with Gasteiger partial charge < -0.3 is 14.8 Å². The van der Waals surface area contributed by atoms with Crippen LogP contribution in [-0.2, 0) is 0 Å². The zero-order valence-electron chi connectivity index (χ0n) is 14.9. The van der Waals surface area contributed by atoms with Crippen molar-refractivity contribution in [2.45, 2.75) is 0 Å². The van der Waals surface area contributed by atoms with Crippen molar-refractivity contribution in [3.05, 3.63) is 67.6 Å². The molecule has 0 saturated carbocycles. The molecule has 4 rings (SSSR count). The molecule has 29 heavy (non-hydrogen) atoms. The molecule has 3 aromatic rings. The Balaban J connectivity index is 1.58. The summed E-state index contributed by atoms with van der Waals surface area (Å²) in [6.07, 6.45) is 3.25. The number of aromatic amines is 1. The third-order valence-corrected chi connectivity index (χ3v) is 5.60. The Hall–Kier alpha value is -2.52. The number of hydrogen-bond donors (Lipinski definition) is 1. The summed E-state index contributed by atoms with van der Waals surface area (Å²) >= 11 is 9.44. The van der Waals surface area contributed by atoms with E-state index in [0.29, 0.717) is 20.4 Å². The molecule has 1 amide bonds. The summed E-state index contributed by atoms with van der Waals surface area (Å²) in [6.45, 7) is 0.895. The highest BCUT2D eigenvalue weighted by atomic mass is 79.9. The maximum atomic E-state index is 13.9. The van der Waals surface area contributed by atoms with Gasteiger partial charge in [0, 0.05) is 42.2 Å². The zero-order chi connectivity index (χ0) is 20.7. The van der Waals surface area contributed by atoms with E-state index in [1.54, 1.807) is 12.1 Å². The second-order valence-electron chi connectivity index (χ2n) is 6.57. The number of nitrogens with one attached hydrogen (secondary N) is 1. The first-order valence-electron chi connectivity index (χ1n) is 8.70. The van der Waals surface area contributed by atoms with Crippen molar-refractivity contribution < 1.29 is 13.6 Å². The topological polar surface area (TPSA) is 69.3 Å². The van der Waals surface area contributed by atoms with E-state index < -0.39 is 23.0 Å². The van der Waals surface area contributed by atoms with Crippen molar-refractivity contribution in [2.24, 2.45) is 0 Å². The molecule has 6 nitrogen and oxygen atoms in total. The van der Waals surface area contributed by atoms with Crippen LogP contribution in [0.1, 0.15) is 10.4 Å². The lowest BCUT2D eigenvalue weighted by molar-refractivity contribution is 0.0745. The van der Waals surface area contributed by atoms with E-state index in [2.05, 4.69) is 25.9 Å². The van der Waals surface area contributed by atoms with Crippen molar-refractivity contribution >= 4 is 50.0 Å². The number of carbonyl (C=O) groups is 1. The van der Waals surface area contributed by atoms with Crippen LogP contribution in [0.5, 0.6) is 0 Å². The SMILES string of the molecule is O=C(c1c[nH]c2c(Cl)cc(Br)cc2c1=O)N1CCN(c2c(F)cncc2F)CC1. The quantitative estimate of drug-likeness (QED) is 0.605. The van der Waals surface area contributed by atoms with Crippen LogP contribution >= 0.6 is 27.5 Å². The highest BCUT2D eigenvalue weighted by Crippen LogP contribution is 2.26. The van der Waals surface area contributed by atoms with E-state index in [0.717, 1.165) is 12.4 Å². The van der Waals surface area contributed by atoms with E-state index in [-0.39, 0.29) is 37.4 Å². The van der Waals surface area contributed by atoms with Crippen LogP contribution in [0.15, 0.2) is 40.0 Å². The van der Waals surface area contributed by atoms with Crippen LogP contribution in [0.4, 0.5) is 14.5 Å². The lowest BCUT2D eigenvalue weighted by Crippen LogP contribution is -2.50. The summed E-state index contributed by atoms with van der Waals surface area (Å²) in [4.78, 5) is 35.1. The predicted octanol–water partition coefficient (Wildman–Crippen LogP) is 3.58. The van der Waals surface area contributed by atoms with Crippen molar-refractivity contribution in [2.75, 3.05) is 31.1 Å². The summed E-state index contributed by atoms with van der Waals surface area (Å²) in [5, 5.41) is 0.662. The van der Waals surface area contributed by atoms with Crippen LogP contribution in [0.3, 0.4) is 0 Å². The Morgan fingerprint density at radius 3 is 2.45 bits per heavy atom. The van der Waals surface area contributed by atoms with E-state index >= 15 is 0 Å². The Kier molecular flexibility index (Phi) is 5.26. The summed E-state index contributed by atoms with van der Waals surface area (Å²) in [5.74, 6) is -1.95. The molecule has 0 unspecified atom stereocenters. The average Bonchev–Trinajstić information content (AvgIpc) is 2.69. The molecule has 0 radical (unpaired) electrons. The maximum absolute atomic E-state index is 13.9. The molecule has 2 aromatic heterocycles. The average molecular weight is 484 g/mol. The molecule has 3 heterocycles. The molecule has 1 saturated heterocycles. The molecule has 150 valence electrons. The van der Waals surface area contributed by atoms with Gasteiger partial charge in [0.25, 0.3) is 5.91 Å². The van der Waals surface area contributed by atoms with Gasteiger partial charge in [0.05, 0.1) is 22.9 Å². The lowest BCUT2D eigenvalue weighted by atomic mass is 10.1. The normalized spacial score (nSPS) is 14.5. The van der Waals surface area contributed by atoms with E-state index in [1.165, 1.54) is 16.0 Å². The second kappa shape index (κ2) is 7.72. The van der Waals surface area contributed by atoms with Gasteiger partial charge in [-0.2, -0.15) is 0 Å². The van der Waals surface area contributed by atoms with Crippen LogP contribution in [0.2, 0.25) is 5.02 Å². The number of pyridine rings is 2.